The summed E-state index contributed by atoms with van der Waals surface area (Å²) in [5.41, 5.74) is 4.24. The van der Waals surface area contributed by atoms with E-state index in [1.807, 2.05) is 25.1 Å². The van der Waals surface area contributed by atoms with Crippen LogP contribution in [0.25, 0.3) is 0 Å². The van der Waals surface area contributed by atoms with Crippen LogP contribution >= 0.6 is 27.5 Å². The average Bonchev–Trinajstić information content (AvgIpc) is 2.42. The summed E-state index contributed by atoms with van der Waals surface area (Å²) < 4.78 is 0.934. The topological polar surface area (TPSA) is 75.9 Å². The summed E-state index contributed by atoms with van der Waals surface area (Å²) in [4.78, 5) is 8.31. The molecular formula is C12H13BrClN5. The largest absolute Gasteiger partial charge is 0.339 e. The molecule has 2 rings (SSSR count). The minimum atomic E-state index is 0.603. The smallest absolute Gasteiger partial charge is 0.148 e. The van der Waals surface area contributed by atoms with Gasteiger partial charge in [-0.3, -0.25) is 0 Å². The maximum Gasteiger partial charge on any atom is 0.148 e. The van der Waals surface area contributed by atoms with Crippen molar-refractivity contribution in [1.82, 2.24) is 9.97 Å². The van der Waals surface area contributed by atoms with Crippen molar-refractivity contribution in [1.29, 1.82) is 0 Å². The number of hydrogen-bond donors (Lipinski definition) is 3. The lowest BCUT2D eigenvalue weighted by Gasteiger charge is -2.13. The summed E-state index contributed by atoms with van der Waals surface area (Å²) in [6.45, 7) is 2.01. The zero-order valence-electron chi connectivity index (χ0n) is 10.2. The quantitative estimate of drug-likeness (QED) is 0.586. The van der Waals surface area contributed by atoms with Gasteiger partial charge in [-0.15, -0.1) is 0 Å². The van der Waals surface area contributed by atoms with Crippen LogP contribution in [0.5, 0.6) is 0 Å². The summed E-state index contributed by atoms with van der Waals surface area (Å²) in [6.07, 6.45) is 2.19. The highest BCUT2D eigenvalue weighted by Gasteiger charge is 2.10. The number of nitrogens with one attached hydrogen (secondary N) is 2. The van der Waals surface area contributed by atoms with Gasteiger partial charge in [-0.05, 0) is 24.6 Å². The molecular weight excluding hydrogens is 330 g/mol. The van der Waals surface area contributed by atoms with Gasteiger partial charge in [0, 0.05) is 10.0 Å². The maximum atomic E-state index is 6.15. The molecule has 0 saturated carbocycles. The molecule has 19 heavy (non-hydrogen) atoms. The molecule has 1 heterocycles. The Kier molecular flexibility index (Phi) is 4.57. The van der Waals surface area contributed by atoms with E-state index in [1.54, 1.807) is 0 Å². The monoisotopic (exact) mass is 341 g/mol. The molecule has 0 atom stereocenters. The van der Waals surface area contributed by atoms with Gasteiger partial charge in [0.2, 0.25) is 0 Å². The zero-order valence-corrected chi connectivity index (χ0v) is 12.6. The lowest BCUT2D eigenvalue weighted by atomic mass is 10.2. The summed E-state index contributed by atoms with van der Waals surface area (Å²) in [6, 6.07) is 5.57. The molecule has 0 fully saturated rings. The molecule has 4 N–H and O–H groups in total. The molecule has 0 radical (unpaired) electrons. The molecule has 2 aromatic rings. The first-order valence-electron chi connectivity index (χ1n) is 5.68. The number of nitrogens with zero attached hydrogens (tertiary/aromatic N) is 2. The molecule has 0 amide bonds. The Morgan fingerprint density at radius 1 is 1.32 bits per heavy atom. The van der Waals surface area contributed by atoms with Crippen molar-refractivity contribution >= 4 is 44.9 Å². The standard InChI is InChI=1S/C12H13BrClN5/c1-2-8-11(16-6-17-12(8)19-15)18-10-5-7(13)3-4-9(10)14/h3-6H,2,15H2,1H3,(H2,16,17,18,19). The van der Waals surface area contributed by atoms with Crippen LogP contribution in [-0.4, -0.2) is 9.97 Å². The number of aromatic nitrogens is 2. The lowest BCUT2D eigenvalue weighted by Crippen LogP contribution is -2.13. The van der Waals surface area contributed by atoms with Crippen LogP contribution in [0.3, 0.4) is 0 Å². The van der Waals surface area contributed by atoms with Crippen LogP contribution < -0.4 is 16.6 Å². The van der Waals surface area contributed by atoms with E-state index < -0.39 is 0 Å². The Morgan fingerprint density at radius 3 is 2.74 bits per heavy atom. The third kappa shape index (κ3) is 3.15. The van der Waals surface area contributed by atoms with E-state index in [1.165, 1.54) is 6.33 Å². The number of anilines is 3. The Labute approximate surface area is 124 Å². The van der Waals surface area contributed by atoms with Crippen molar-refractivity contribution in [3.8, 4) is 0 Å². The predicted molar refractivity (Wildman–Crippen MR) is 81.7 cm³/mol. The zero-order chi connectivity index (χ0) is 13.8. The third-order valence-corrected chi connectivity index (χ3v) is 3.44. The van der Waals surface area contributed by atoms with Crippen LogP contribution in [0, 0.1) is 0 Å². The minimum absolute atomic E-state index is 0.603. The van der Waals surface area contributed by atoms with Gasteiger partial charge in [-0.25, -0.2) is 15.8 Å². The Bertz CT molecular complexity index is 590. The van der Waals surface area contributed by atoms with Gasteiger partial charge >= 0.3 is 0 Å². The molecule has 5 nitrogen and oxygen atoms in total. The van der Waals surface area contributed by atoms with E-state index >= 15 is 0 Å². The van der Waals surface area contributed by atoms with Gasteiger partial charge < -0.3 is 10.7 Å². The van der Waals surface area contributed by atoms with Crippen molar-refractivity contribution in [2.75, 3.05) is 10.7 Å². The molecule has 0 aliphatic rings. The molecule has 1 aromatic heterocycles. The molecule has 0 unspecified atom stereocenters. The Morgan fingerprint density at radius 2 is 2.05 bits per heavy atom. The first-order valence-corrected chi connectivity index (χ1v) is 6.85. The van der Waals surface area contributed by atoms with E-state index in [9.17, 15) is 0 Å². The van der Waals surface area contributed by atoms with Crippen molar-refractivity contribution in [3.63, 3.8) is 0 Å². The molecule has 1 aromatic carbocycles. The van der Waals surface area contributed by atoms with Crippen LogP contribution in [0.15, 0.2) is 29.0 Å². The van der Waals surface area contributed by atoms with Gasteiger partial charge in [0.05, 0.1) is 10.7 Å². The lowest BCUT2D eigenvalue weighted by molar-refractivity contribution is 1.04. The fourth-order valence-corrected chi connectivity index (χ4v) is 2.23. The molecule has 7 heteroatoms. The van der Waals surface area contributed by atoms with E-state index in [2.05, 4.69) is 36.6 Å². The second kappa shape index (κ2) is 6.18. The highest BCUT2D eigenvalue weighted by Crippen LogP contribution is 2.30. The molecule has 0 aliphatic carbocycles. The van der Waals surface area contributed by atoms with Gasteiger partial charge in [0.15, 0.2) is 0 Å². The van der Waals surface area contributed by atoms with Crippen molar-refractivity contribution < 1.29 is 0 Å². The van der Waals surface area contributed by atoms with Crippen LogP contribution in [0.2, 0.25) is 5.02 Å². The average molecular weight is 343 g/mol. The third-order valence-electron chi connectivity index (χ3n) is 2.62. The molecule has 0 bridgehead atoms. The predicted octanol–water partition coefficient (Wildman–Crippen LogP) is 3.48. The highest BCUT2D eigenvalue weighted by molar-refractivity contribution is 9.10. The van der Waals surface area contributed by atoms with Crippen LogP contribution in [0.4, 0.5) is 17.3 Å². The highest BCUT2D eigenvalue weighted by atomic mass is 79.9. The van der Waals surface area contributed by atoms with E-state index in [-0.39, 0.29) is 0 Å². The van der Waals surface area contributed by atoms with E-state index in [0.29, 0.717) is 16.7 Å². The number of benzene rings is 1. The van der Waals surface area contributed by atoms with E-state index in [0.717, 1.165) is 22.1 Å². The molecule has 0 saturated heterocycles. The van der Waals surface area contributed by atoms with Crippen molar-refractivity contribution in [3.05, 3.63) is 39.6 Å². The molecule has 0 spiro atoms. The summed E-state index contributed by atoms with van der Waals surface area (Å²) in [7, 11) is 0. The Balaban J connectivity index is 2.40. The number of rotatable bonds is 4. The fourth-order valence-electron chi connectivity index (χ4n) is 1.70. The number of nitrogens with two attached hydrogens (primary N) is 1. The number of nitrogen functional groups attached to an aromatic ring is 1. The number of halogens is 2. The summed E-state index contributed by atoms with van der Waals surface area (Å²) >= 11 is 9.56. The number of hydrogen-bond acceptors (Lipinski definition) is 5. The molecule has 0 aliphatic heterocycles. The summed E-state index contributed by atoms with van der Waals surface area (Å²) in [5, 5.41) is 3.82. The molecule has 100 valence electrons. The first-order chi connectivity index (χ1) is 9.15. The van der Waals surface area contributed by atoms with Gasteiger partial charge in [-0.1, -0.05) is 34.5 Å². The van der Waals surface area contributed by atoms with Crippen molar-refractivity contribution in [2.24, 2.45) is 5.84 Å². The normalized spacial score (nSPS) is 10.3. The van der Waals surface area contributed by atoms with Gasteiger partial charge in [-0.2, -0.15) is 0 Å². The Hall–Kier alpha value is -1.37. The number of hydrazine groups is 1. The maximum absolute atomic E-state index is 6.15. The van der Waals surface area contributed by atoms with Crippen LogP contribution in [-0.2, 0) is 6.42 Å². The summed E-state index contributed by atoms with van der Waals surface area (Å²) in [5.74, 6) is 6.73. The second-order valence-corrected chi connectivity index (χ2v) is 5.12. The van der Waals surface area contributed by atoms with Crippen LogP contribution in [0.1, 0.15) is 12.5 Å². The second-order valence-electron chi connectivity index (χ2n) is 3.80. The van der Waals surface area contributed by atoms with E-state index in [4.69, 9.17) is 17.4 Å². The SMILES string of the molecule is CCc1c(NN)ncnc1Nc1cc(Br)ccc1Cl. The van der Waals surface area contributed by atoms with Gasteiger partial charge in [0.1, 0.15) is 18.0 Å². The minimum Gasteiger partial charge on any atom is -0.339 e. The van der Waals surface area contributed by atoms with Crippen molar-refractivity contribution in [2.45, 2.75) is 13.3 Å². The fraction of sp³-hybridized carbons (Fsp3) is 0.167. The first kappa shape index (κ1) is 14.0. The van der Waals surface area contributed by atoms with Gasteiger partial charge in [0.25, 0.3) is 0 Å².